The van der Waals surface area contributed by atoms with E-state index in [9.17, 15) is 4.89 Å². The quantitative estimate of drug-likeness (QED) is 0.497. The fraction of sp³-hybridized carbons (Fsp3) is 0.750. The molecule has 0 aliphatic carbocycles. The Labute approximate surface area is 44.7 Å². The van der Waals surface area contributed by atoms with Crippen LogP contribution in [0.15, 0.2) is 0 Å². The summed E-state index contributed by atoms with van der Waals surface area (Å²) < 4.78 is 4.64. The summed E-state index contributed by atoms with van der Waals surface area (Å²) in [6.07, 6.45) is 0. The van der Waals surface area contributed by atoms with Crippen molar-refractivity contribution < 1.29 is 9.42 Å². The van der Waals surface area contributed by atoms with Crippen molar-refractivity contribution in [3.8, 4) is 0 Å². The Morgan fingerprint density at radius 3 is 2.57 bits per heavy atom. The van der Waals surface area contributed by atoms with E-state index in [2.05, 4.69) is 4.52 Å². The third kappa shape index (κ3) is 3.93. The maximum absolute atomic E-state index is 10.3. The highest BCUT2D eigenvalue weighted by Crippen LogP contribution is 2.08. The van der Waals surface area contributed by atoms with Gasteiger partial charge in [0.05, 0.1) is 6.61 Å². The van der Waals surface area contributed by atoms with Gasteiger partial charge < -0.3 is 4.89 Å². The summed E-state index contributed by atoms with van der Waals surface area (Å²) >= 11 is 0. The lowest BCUT2D eigenvalue weighted by Crippen LogP contribution is -1.92. The van der Waals surface area contributed by atoms with Crippen molar-refractivity contribution in [2.75, 3.05) is 6.61 Å². The molecule has 0 spiro atoms. The topological polar surface area (TPSA) is 32.3 Å². The SMILES string of the molecule is CC=[P+]([O-])OCC. The van der Waals surface area contributed by atoms with E-state index >= 15 is 0 Å². The molecule has 0 bridgehead atoms. The van der Waals surface area contributed by atoms with Crippen LogP contribution >= 0.6 is 8.00 Å². The molecule has 2 nitrogen and oxygen atoms in total. The summed E-state index contributed by atoms with van der Waals surface area (Å²) in [5.41, 5.74) is 0. The van der Waals surface area contributed by atoms with Gasteiger partial charge in [-0.2, -0.15) is 4.52 Å². The van der Waals surface area contributed by atoms with E-state index in [1.807, 2.05) is 6.92 Å². The molecule has 0 aromatic carbocycles. The number of hydrogen-bond acceptors (Lipinski definition) is 2. The van der Waals surface area contributed by atoms with Crippen LogP contribution in [0.1, 0.15) is 13.8 Å². The first-order valence-corrected chi connectivity index (χ1v) is 3.44. The van der Waals surface area contributed by atoms with Crippen LogP contribution in [0.25, 0.3) is 0 Å². The van der Waals surface area contributed by atoms with Crippen LogP contribution in [-0.2, 0) is 4.52 Å². The van der Waals surface area contributed by atoms with Crippen molar-refractivity contribution in [2.45, 2.75) is 13.8 Å². The minimum Gasteiger partial charge on any atom is -0.603 e. The van der Waals surface area contributed by atoms with E-state index in [0.29, 0.717) is 6.61 Å². The fourth-order valence-electron chi connectivity index (χ4n) is 0.202. The molecule has 0 radical (unpaired) electrons. The van der Waals surface area contributed by atoms with E-state index in [0.717, 1.165) is 0 Å². The molecule has 0 fully saturated rings. The molecule has 0 rings (SSSR count). The van der Waals surface area contributed by atoms with Gasteiger partial charge in [0.1, 0.15) is 5.80 Å². The standard InChI is InChI=1S/C4H9O2P/c1-3-6-7(5)4-2/h4H,3H2,1-2H3. The summed E-state index contributed by atoms with van der Waals surface area (Å²) in [5, 5.41) is 0. The Bertz CT molecular complexity index is 70.1. The second-order valence-electron chi connectivity index (χ2n) is 0.961. The molecule has 0 saturated heterocycles. The van der Waals surface area contributed by atoms with Crippen molar-refractivity contribution in [1.82, 2.24) is 0 Å². The average Bonchev–Trinajstić information content (AvgIpc) is 1.68. The van der Waals surface area contributed by atoms with Gasteiger partial charge in [-0.15, -0.1) is 0 Å². The van der Waals surface area contributed by atoms with Gasteiger partial charge in [-0.3, -0.25) is 0 Å². The van der Waals surface area contributed by atoms with Crippen LogP contribution in [0, 0.1) is 0 Å². The highest BCUT2D eigenvalue weighted by Gasteiger charge is 1.86. The van der Waals surface area contributed by atoms with Crippen molar-refractivity contribution in [3.63, 3.8) is 0 Å². The summed E-state index contributed by atoms with van der Waals surface area (Å²) in [6, 6.07) is 0. The zero-order valence-corrected chi connectivity index (χ0v) is 5.44. The van der Waals surface area contributed by atoms with Crippen LogP contribution < -0.4 is 4.89 Å². The van der Waals surface area contributed by atoms with E-state index in [4.69, 9.17) is 0 Å². The van der Waals surface area contributed by atoms with Gasteiger partial charge in [-0.1, -0.05) is 0 Å². The lowest BCUT2D eigenvalue weighted by Gasteiger charge is -1.89. The van der Waals surface area contributed by atoms with Crippen molar-refractivity contribution >= 4 is 13.8 Å². The van der Waals surface area contributed by atoms with Gasteiger partial charge in [0.2, 0.25) is 8.00 Å². The first-order chi connectivity index (χ1) is 3.31. The predicted molar refractivity (Wildman–Crippen MR) is 30.3 cm³/mol. The molecule has 1 unspecified atom stereocenters. The van der Waals surface area contributed by atoms with Crippen LogP contribution in [0.5, 0.6) is 0 Å². The average molecular weight is 120 g/mol. The highest BCUT2D eigenvalue weighted by molar-refractivity contribution is 7.44. The largest absolute Gasteiger partial charge is 0.603 e. The Balaban J connectivity index is 3.17. The molecule has 0 aromatic heterocycles. The van der Waals surface area contributed by atoms with Gasteiger partial charge in [0.15, 0.2) is 0 Å². The van der Waals surface area contributed by atoms with E-state index in [1.54, 1.807) is 12.7 Å². The fourth-order valence-corrected chi connectivity index (χ4v) is 0.605. The van der Waals surface area contributed by atoms with Gasteiger partial charge in [-0.25, -0.2) is 0 Å². The molecule has 0 amide bonds. The maximum atomic E-state index is 10.3. The Kier molecular flexibility index (Phi) is 4.31. The predicted octanol–water partition coefficient (Wildman–Crippen LogP) is 0.517. The zero-order valence-electron chi connectivity index (χ0n) is 4.55. The van der Waals surface area contributed by atoms with Crippen molar-refractivity contribution in [1.29, 1.82) is 0 Å². The lowest BCUT2D eigenvalue weighted by atomic mass is 10.9. The molecule has 0 aliphatic rings. The first-order valence-electron chi connectivity index (χ1n) is 2.20. The normalized spacial score (nSPS) is 12.1. The molecule has 7 heavy (non-hydrogen) atoms. The van der Waals surface area contributed by atoms with E-state index in [1.165, 1.54) is 0 Å². The first kappa shape index (κ1) is 7.09. The third-order valence-corrected chi connectivity index (χ3v) is 1.40. The van der Waals surface area contributed by atoms with Crippen LogP contribution in [0.2, 0.25) is 0 Å². The molecule has 42 valence electrons. The molecule has 0 N–H and O–H groups in total. The van der Waals surface area contributed by atoms with Crippen LogP contribution in [-0.4, -0.2) is 12.4 Å². The minimum atomic E-state index is -1.45. The molecule has 0 aromatic rings. The Morgan fingerprint density at radius 1 is 1.86 bits per heavy atom. The second kappa shape index (κ2) is 4.25. The van der Waals surface area contributed by atoms with E-state index < -0.39 is 8.00 Å². The number of hydrogen-bond donors (Lipinski definition) is 0. The monoisotopic (exact) mass is 120 g/mol. The highest BCUT2D eigenvalue weighted by atomic mass is 31.1. The summed E-state index contributed by atoms with van der Waals surface area (Å²) in [6.45, 7) is 4.06. The van der Waals surface area contributed by atoms with Gasteiger partial charge in [0, 0.05) is 0 Å². The van der Waals surface area contributed by atoms with Crippen LogP contribution in [0.4, 0.5) is 0 Å². The van der Waals surface area contributed by atoms with Gasteiger partial charge in [-0.05, 0) is 13.8 Å². The summed E-state index contributed by atoms with van der Waals surface area (Å²) in [4.78, 5) is 10.3. The molecular weight excluding hydrogens is 111 g/mol. The maximum Gasteiger partial charge on any atom is 0.216 e. The molecule has 1 atom stereocenters. The van der Waals surface area contributed by atoms with Crippen molar-refractivity contribution in [2.24, 2.45) is 0 Å². The smallest absolute Gasteiger partial charge is 0.216 e. The second-order valence-corrected chi connectivity index (χ2v) is 2.31. The summed E-state index contributed by atoms with van der Waals surface area (Å²) in [7, 11) is -1.45. The molecule has 0 saturated carbocycles. The molecular formula is C4H9O2P. The van der Waals surface area contributed by atoms with Crippen molar-refractivity contribution in [3.05, 3.63) is 0 Å². The summed E-state index contributed by atoms with van der Waals surface area (Å²) in [5.74, 6) is 1.54. The van der Waals surface area contributed by atoms with E-state index in [-0.39, 0.29) is 0 Å². The van der Waals surface area contributed by atoms with Gasteiger partial charge >= 0.3 is 0 Å². The molecule has 3 heteroatoms. The number of rotatable bonds is 2. The van der Waals surface area contributed by atoms with Gasteiger partial charge in [0.25, 0.3) is 0 Å². The molecule has 0 aliphatic heterocycles. The lowest BCUT2D eigenvalue weighted by molar-refractivity contribution is -0.171. The third-order valence-electron chi connectivity index (χ3n) is 0.467. The Morgan fingerprint density at radius 2 is 2.43 bits per heavy atom. The van der Waals surface area contributed by atoms with Crippen LogP contribution in [0.3, 0.4) is 0 Å². The molecule has 0 heterocycles. The zero-order chi connectivity index (χ0) is 5.70. The minimum absolute atomic E-state index is 0.527. The Hall–Kier alpha value is 0.0900.